The van der Waals surface area contributed by atoms with E-state index in [2.05, 4.69) is 4.90 Å². The first-order valence-corrected chi connectivity index (χ1v) is 6.09. The van der Waals surface area contributed by atoms with E-state index in [1.807, 2.05) is 6.07 Å². The first-order valence-electron chi connectivity index (χ1n) is 6.09. The van der Waals surface area contributed by atoms with Gasteiger partial charge in [-0.3, -0.25) is 9.69 Å². The molecule has 1 atom stereocenters. The van der Waals surface area contributed by atoms with Crippen molar-refractivity contribution in [3.8, 4) is 6.07 Å². The molecule has 4 nitrogen and oxygen atoms in total. The summed E-state index contributed by atoms with van der Waals surface area (Å²) < 4.78 is 0. The van der Waals surface area contributed by atoms with E-state index < -0.39 is 0 Å². The predicted octanol–water partition coefficient (Wildman–Crippen LogP) is 1.06. The molecular weight excluding hydrogens is 228 g/mol. The molecule has 94 valence electrons. The topological polar surface area (TPSA) is 64.3 Å². The van der Waals surface area contributed by atoms with Crippen LogP contribution >= 0.6 is 0 Å². The number of carbonyl (C=O) groups excluding carboxylic acids is 1. The molecule has 0 amide bonds. The Morgan fingerprint density at radius 2 is 2.17 bits per heavy atom. The Bertz CT molecular complexity index is 462. The summed E-state index contributed by atoms with van der Waals surface area (Å²) in [6.45, 7) is 2.25. The molecule has 4 heteroatoms. The Balaban J connectivity index is 1.93. The van der Waals surface area contributed by atoms with Crippen molar-refractivity contribution >= 4 is 5.78 Å². The van der Waals surface area contributed by atoms with Gasteiger partial charge in [0.05, 0.1) is 18.2 Å². The van der Waals surface area contributed by atoms with Crippen LogP contribution in [0.2, 0.25) is 0 Å². The molecule has 0 radical (unpaired) electrons. The molecule has 1 aromatic rings. The van der Waals surface area contributed by atoms with Gasteiger partial charge >= 0.3 is 0 Å². The molecule has 0 bridgehead atoms. The van der Waals surface area contributed by atoms with Crippen LogP contribution in [-0.4, -0.2) is 42.0 Å². The van der Waals surface area contributed by atoms with E-state index in [9.17, 15) is 4.79 Å². The first-order chi connectivity index (χ1) is 8.72. The lowest BCUT2D eigenvalue weighted by Gasteiger charge is -2.14. The van der Waals surface area contributed by atoms with Crippen molar-refractivity contribution in [2.45, 2.75) is 6.42 Å². The van der Waals surface area contributed by atoms with Crippen molar-refractivity contribution in [1.29, 1.82) is 5.26 Å². The highest BCUT2D eigenvalue weighted by Gasteiger charge is 2.23. The second kappa shape index (κ2) is 5.76. The molecule has 0 aromatic heterocycles. The molecular formula is C14H16N2O2. The smallest absolute Gasteiger partial charge is 0.176 e. The first kappa shape index (κ1) is 12.7. The van der Waals surface area contributed by atoms with Crippen LogP contribution in [0.1, 0.15) is 22.3 Å². The monoisotopic (exact) mass is 244 g/mol. The summed E-state index contributed by atoms with van der Waals surface area (Å²) in [5.74, 6) is 0.372. The fraction of sp³-hybridized carbons (Fsp3) is 0.429. The highest BCUT2D eigenvalue weighted by atomic mass is 16.3. The van der Waals surface area contributed by atoms with Crippen LogP contribution in [0, 0.1) is 17.2 Å². The third-order valence-corrected chi connectivity index (χ3v) is 3.33. The molecule has 0 spiro atoms. The van der Waals surface area contributed by atoms with Gasteiger partial charge in [-0.15, -0.1) is 0 Å². The summed E-state index contributed by atoms with van der Waals surface area (Å²) in [6.07, 6.45) is 0.956. The van der Waals surface area contributed by atoms with Gasteiger partial charge in [0.1, 0.15) is 0 Å². The fourth-order valence-corrected chi connectivity index (χ4v) is 2.23. The number of aliphatic hydroxyl groups excluding tert-OH is 1. The maximum atomic E-state index is 12.0. The Hall–Kier alpha value is -1.70. The third kappa shape index (κ3) is 2.95. The van der Waals surface area contributed by atoms with Crippen LogP contribution in [0.3, 0.4) is 0 Å². The lowest BCUT2D eigenvalue weighted by Crippen LogP contribution is -2.28. The summed E-state index contributed by atoms with van der Waals surface area (Å²) in [6, 6.07) is 8.74. The van der Waals surface area contributed by atoms with Crippen LogP contribution in [0.5, 0.6) is 0 Å². The Morgan fingerprint density at radius 3 is 2.72 bits per heavy atom. The van der Waals surface area contributed by atoms with Crippen molar-refractivity contribution in [2.24, 2.45) is 5.92 Å². The molecule has 1 unspecified atom stereocenters. The van der Waals surface area contributed by atoms with Crippen molar-refractivity contribution in [1.82, 2.24) is 4.90 Å². The summed E-state index contributed by atoms with van der Waals surface area (Å²) >= 11 is 0. The number of nitrogens with zero attached hydrogens (tertiary/aromatic N) is 2. The number of benzene rings is 1. The largest absolute Gasteiger partial charge is 0.396 e. The Kier molecular flexibility index (Phi) is 4.08. The summed E-state index contributed by atoms with van der Waals surface area (Å²) in [7, 11) is 0. The number of rotatable bonds is 4. The van der Waals surface area contributed by atoms with E-state index in [0.717, 1.165) is 19.5 Å². The molecule has 2 rings (SSSR count). The molecule has 1 aliphatic rings. The highest BCUT2D eigenvalue weighted by Crippen LogP contribution is 2.16. The minimum absolute atomic E-state index is 0.0677. The zero-order valence-corrected chi connectivity index (χ0v) is 10.2. The van der Waals surface area contributed by atoms with Crippen LogP contribution < -0.4 is 0 Å². The number of hydrogen-bond acceptors (Lipinski definition) is 4. The number of Topliss-reactive ketones (excluding diaryl/α,β-unsaturated/α-hetero) is 1. The minimum atomic E-state index is 0.0677. The summed E-state index contributed by atoms with van der Waals surface area (Å²) in [5.41, 5.74) is 1.20. The number of ketones is 1. The number of likely N-dealkylation sites (tertiary alicyclic amines) is 1. The van der Waals surface area contributed by atoms with Crippen molar-refractivity contribution < 1.29 is 9.90 Å². The number of carbonyl (C=O) groups is 1. The number of nitriles is 1. The molecule has 1 N–H and O–H groups in total. The second-order valence-electron chi connectivity index (χ2n) is 4.68. The minimum Gasteiger partial charge on any atom is -0.396 e. The van der Waals surface area contributed by atoms with Gasteiger partial charge in [-0.1, -0.05) is 12.1 Å². The molecule has 1 aromatic carbocycles. The van der Waals surface area contributed by atoms with Gasteiger partial charge in [0.15, 0.2) is 5.78 Å². The Labute approximate surface area is 106 Å². The average molecular weight is 244 g/mol. The van der Waals surface area contributed by atoms with Crippen LogP contribution in [0.15, 0.2) is 24.3 Å². The molecule has 1 aliphatic heterocycles. The lowest BCUT2D eigenvalue weighted by atomic mass is 10.1. The SMILES string of the molecule is N#Cc1ccc(C(=O)CN2CCC(CO)C2)cc1. The quantitative estimate of drug-likeness (QED) is 0.804. The van der Waals surface area contributed by atoms with Gasteiger partial charge in [0, 0.05) is 18.7 Å². The van der Waals surface area contributed by atoms with Gasteiger partial charge in [0.25, 0.3) is 0 Å². The zero-order chi connectivity index (χ0) is 13.0. The van der Waals surface area contributed by atoms with Crippen molar-refractivity contribution in [3.63, 3.8) is 0 Å². The summed E-state index contributed by atoms with van der Waals surface area (Å²) in [4.78, 5) is 14.1. The van der Waals surface area contributed by atoms with E-state index in [1.165, 1.54) is 0 Å². The average Bonchev–Trinajstić information content (AvgIpc) is 2.86. The van der Waals surface area contributed by atoms with Gasteiger partial charge < -0.3 is 5.11 Å². The Morgan fingerprint density at radius 1 is 1.44 bits per heavy atom. The van der Waals surface area contributed by atoms with Crippen molar-refractivity contribution in [2.75, 3.05) is 26.2 Å². The van der Waals surface area contributed by atoms with E-state index in [-0.39, 0.29) is 12.4 Å². The van der Waals surface area contributed by atoms with E-state index in [0.29, 0.717) is 23.6 Å². The predicted molar refractivity (Wildman–Crippen MR) is 67.1 cm³/mol. The maximum absolute atomic E-state index is 12.0. The second-order valence-corrected chi connectivity index (χ2v) is 4.68. The van der Waals surface area contributed by atoms with Gasteiger partial charge in [0.2, 0.25) is 0 Å². The molecule has 1 fully saturated rings. The highest BCUT2D eigenvalue weighted by molar-refractivity contribution is 5.97. The lowest BCUT2D eigenvalue weighted by molar-refractivity contribution is 0.0940. The standard InChI is InChI=1S/C14H16N2O2/c15-7-11-1-3-13(4-2-11)14(18)9-16-6-5-12(8-16)10-17/h1-4,12,17H,5-6,8-10H2. The van der Waals surface area contributed by atoms with Gasteiger partial charge in [-0.2, -0.15) is 5.26 Å². The van der Waals surface area contributed by atoms with Crippen LogP contribution in [-0.2, 0) is 0 Å². The van der Waals surface area contributed by atoms with Crippen LogP contribution in [0.4, 0.5) is 0 Å². The van der Waals surface area contributed by atoms with E-state index >= 15 is 0 Å². The van der Waals surface area contributed by atoms with Crippen molar-refractivity contribution in [3.05, 3.63) is 35.4 Å². The van der Waals surface area contributed by atoms with E-state index in [4.69, 9.17) is 10.4 Å². The van der Waals surface area contributed by atoms with Gasteiger partial charge in [-0.05, 0) is 31.0 Å². The van der Waals surface area contributed by atoms with Crippen LogP contribution in [0.25, 0.3) is 0 Å². The number of hydrogen-bond donors (Lipinski definition) is 1. The molecule has 0 aliphatic carbocycles. The van der Waals surface area contributed by atoms with E-state index in [1.54, 1.807) is 24.3 Å². The fourth-order valence-electron chi connectivity index (χ4n) is 2.23. The maximum Gasteiger partial charge on any atom is 0.176 e. The third-order valence-electron chi connectivity index (χ3n) is 3.33. The molecule has 18 heavy (non-hydrogen) atoms. The molecule has 1 heterocycles. The molecule has 1 saturated heterocycles. The van der Waals surface area contributed by atoms with Gasteiger partial charge in [-0.25, -0.2) is 0 Å². The molecule has 0 saturated carbocycles. The zero-order valence-electron chi connectivity index (χ0n) is 10.2. The summed E-state index contributed by atoms with van der Waals surface area (Å²) in [5, 5.41) is 17.7. The number of aliphatic hydroxyl groups is 1. The normalized spacial score (nSPS) is 19.7.